The molecule has 1 aromatic carbocycles. The fourth-order valence-electron chi connectivity index (χ4n) is 3.89. The van der Waals surface area contributed by atoms with Gasteiger partial charge in [-0.25, -0.2) is 9.97 Å². The summed E-state index contributed by atoms with van der Waals surface area (Å²) in [5, 5.41) is 1.14. The van der Waals surface area contributed by atoms with Crippen molar-refractivity contribution < 1.29 is 4.79 Å². The van der Waals surface area contributed by atoms with Crippen LogP contribution >= 0.6 is 11.3 Å². The zero-order chi connectivity index (χ0) is 21.5. The van der Waals surface area contributed by atoms with Crippen LogP contribution in [-0.2, 0) is 11.8 Å². The number of thiophene rings is 1. The molecular formula is C24H30N4OS. The first-order valence-electron chi connectivity index (χ1n) is 10.7. The third kappa shape index (κ3) is 4.06. The van der Waals surface area contributed by atoms with E-state index in [1.165, 1.54) is 10.4 Å². The fourth-order valence-corrected chi connectivity index (χ4v) is 4.90. The van der Waals surface area contributed by atoms with Crippen LogP contribution in [0.25, 0.3) is 10.2 Å². The zero-order valence-electron chi connectivity index (χ0n) is 18.5. The standard InChI is InChI=1S/C24H30N4OS/c1-6-19-15-20-21(25-16(2)26-22(20)30-19)27-11-13-28(14-12-27)23(29)17-7-9-18(10-8-17)24(3,4)5/h7-10,15H,6,11-14H2,1-5H3. The highest BCUT2D eigenvalue weighted by atomic mass is 32.1. The molecule has 0 radical (unpaired) electrons. The molecule has 4 rings (SSSR count). The van der Waals surface area contributed by atoms with E-state index >= 15 is 0 Å². The van der Waals surface area contributed by atoms with Gasteiger partial charge in [0.25, 0.3) is 5.91 Å². The quantitative estimate of drug-likeness (QED) is 0.607. The summed E-state index contributed by atoms with van der Waals surface area (Å²) in [5.41, 5.74) is 2.10. The van der Waals surface area contributed by atoms with E-state index in [1.807, 2.05) is 24.0 Å². The van der Waals surface area contributed by atoms with Gasteiger partial charge in [-0.05, 0) is 42.5 Å². The lowest BCUT2D eigenvalue weighted by Gasteiger charge is -2.35. The molecule has 158 valence electrons. The van der Waals surface area contributed by atoms with Gasteiger partial charge in [0.1, 0.15) is 16.5 Å². The lowest BCUT2D eigenvalue weighted by atomic mass is 9.86. The van der Waals surface area contributed by atoms with Gasteiger partial charge in [0.2, 0.25) is 0 Å². The number of fused-ring (bicyclic) bond motifs is 1. The van der Waals surface area contributed by atoms with E-state index in [-0.39, 0.29) is 11.3 Å². The van der Waals surface area contributed by atoms with E-state index in [2.05, 4.69) is 55.8 Å². The van der Waals surface area contributed by atoms with Crippen molar-refractivity contribution in [1.29, 1.82) is 0 Å². The minimum atomic E-state index is 0.0908. The van der Waals surface area contributed by atoms with Gasteiger partial charge in [0.05, 0.1) is 5.39 Å². The molecule has 0 aliphatic carbocycles. The molecule has 0 N–H and O–H groups in total. The molecule has 5 nitrogen and oxygen atoms in total. The molecule has 0 atom stereocenters. The summed E-state index contributed by atoms with van der Waals surface area (Å²) in [5.74, 6) is 1.93. The van der Waals surface area contributed by atoms with Crippen molar-refractivity contribution in [2.45, 2.75) is 46.5 Å². The summed E-state index contributed by atoms with van der Waals surface area (Å²) in [7, 11) is 0. The Morgan fingerprint density at radius 1 is 1.07 bits per heavy atom. The highest BCUT2D eigenvalue weighted by Crippen LogP contribution is 2.32. The number of hydrogen-bond acceptors (Lipinski definition) is 5. The van der Waals surface area contributed by atoms with Gasteiger partial charge < -0.3 is 9.80 Å². The molecule has 1 fully saturated rings. The third-order valence-corrected chi connectivity index (χ3v) is 6.92. The molecule has 3 aromatic rings. The Balaban J connectivity index is 1.48. The summed E-state index contributed by atoms with van der Waals surface area (Å²) in [4.78, 5) is 29.0. The van der Waals surface area contributed by atoms with E-state index in [9.17, 15) is 4.79 Å². The van der Waals surface area contributed by atoms with Crippen molar-refractivity contribution >= 4 is 33.3 Å². The van der Waals surface area contributed by atoms with Crippen LogP contribution in [0, 0.1) is 6.92 Å². The molecule has 6 heteroatoms. The molecule has 1 aliphatic heterocycles. The summed E-state index contributed by atoms with van der Waals surface area (Å²) < 4.78 is 0. The molecule has 1 saturated heterocycles. The number of nitrogens with zero attached hydrogens (tertiary/aromatic N) is 4. The number of rotatable bonds is 3. The van der Waals surface area contributed by atoms with E-state index in [1.54, 1.807) is 11.3 Å². The maximum Gasteiger partial charge on any atom is 0.253 e. The van der Waals surface area contributed by atoms with Gasteiger partial charge in [-0.2, -0.15) is 0 Å². The predicted molar refractivity (Wildman–Crippen MR) is 125 cm³/mol. The SMILES string of the molecule is CCc1cc2c(N3CCN(C(=O)c4ccc(C(C)(C)C)cc4)CC3)nc(C)nc2s1. The molecule has 30 heavy (non-hydrogen) atoms. The predicted octanol–water partition coefficient (Wildman–Crippen LogP) is 4.82. The highest BCUT2D eigenvalue weighted by molar-refractivity contribution is 7.18. The van der Waals surface area contributed by atoms with Crippen molar-refractivity contribution in [1.82, 2.24) is 14.9 Å². The average molecular weight is 423 g/mol. The Hall–Kier alpha value is -2.47. The van der Waals surface area contributed by atoms with Crippen LogP contribution in [0.3, 0.4) is 0 Å². The normalized spacial score (nSPS) is 15.1. The second-order valence-corrected chi connectivity index (χ2v) is 10.1. The largest absolute Gasteiger partial charge is 0.352 e. The lowest BCUT2D eigenvalue weighted by Crippen LogP contribution is -2.49. The van der Waals surface area contributed by atoms with Crippen LogP contribution in [0.2, 0.25) is 0 Å². The van der Waals surface area contributed by atoms with E-state index in [0.717, 1.165) is 46.9 Å². The van der Waals surface area contributed by atoms with Crippen LogP contribution < -0.4 is 4.90 Å². The molecule has 2 aromatic heterocycles. The maximum atomic E-state index is 13.0. The number of carbonyl (C=O) groups is 1. The highest BCUT2D eigenvalue weighted by Gasteiger charge is 2.25. The van der Waals surface area contributed by atoms with E-state index in [0.29, 0.717) is 13.1 Å². The van der Waals surface area contributed by atoms with Crippen molar-refractivity contribution in [3.8, 4) is 0 Å². The monoisotopic (exact) mass is 422 g/mol. The first-order valence-corrected chi connectivity index (χ1v) is 11.5. The van der Waals surface area contributed by atoms with Gasteiger partial charge in [-0.1, -0.05) is 39.8 Å². The lowest BCUT2D eigenvalue weighted by molar-refractivity contribution is 0.0746. The summed E-state index contributed by atoms with van der Waals surface area (Å²) >= 11 is 1.75. The topological polar surface area (TPSA) is 49.3 Å². The molecular weight excluding hydrogens is 392 g/mol. The molecule has 1 aliphatic rings. The third-order valence-electron chi connectivity index (χ3n) is 5.75. The van der Waals surface area contributed by atoms with Crippen molar-refractivity contribution in [2.24, 2.45) is 0 Å². The van der Waals surface area contributed by atoms with Crippen LogP contribution in [-0.4, -0.2) is 47.0 Å². The number of piperazine rings is 1. The summed E-state index contributed by atoms with van der Waals surface area (Å²) in [6.07, 6.45) is 1.01. The van der Waals surface area contributed by atoms with Crippen LogP contribution in [0.4, 0.5) is 5.82 Å². The second kappa shape index (κ2) is 7.99. The number of hydrogen-bond donors (Lipinski definition) is 0. The van der Waals surface area contributed by atoms with Gasteiger partial charge in [0, 0.05) is 36.6 Å². The van der Waals surface area contributed by atoms with Crippen LogP contribution in [0.1, 0.15) is 54.3 Å². The van der Waals surface area contributed by atoms with Crippen LogP contribution in [0.15, 0.2) is 30.3 Å². The average Bonchev–Trinajstić information content (AvgIpc) is 3.15. The van der Waals surface area contributed by atoms with Gasteiger partial charge >= 0.3 is 0 Å². The van der Waals surface area contributed by atoms with Crippen molar-refractivity contribution in [2.75, 3.05) is 31.1 Å². The number of anilines is 1. The van der Waals surface area contributed by atoms with Gasteiger partial charge in [0.15, 0.2) is 0 Å². The Morgan fingerprint density at radius 2 is 1.73 bits per heavy atom. The Labute approximate surface area is 182 Å². The number of amides is 1. The van der Waals surface area contributed by atoms with Crippen molar-refractivity contribution in [3.63, 3.8) is 0 Å². The Morgan fingerprint density at radius 3 is 2.33 bits per heavy atom. The minimum Gasteiger partial charge on any atom is -0.352 e. The number of aryl methyl sites for hydroxylation is 2. The molecule has 0 spiro atoms. The molecule has 0 unspecified atom stereocenters. The molecule has 1 amide bonds. The summed E-state index contributed by atoms with van der Waals surface area (Å²) in [6.45, 7) is 13.7. The second-order valence-electron chi connectivity index (χ2n) is 8.99. The molecule has 3 heterocycles. The Kier molecular flexibility index (Phi) is 5.53. The van der Waals surface area contributed by atoms with Gasteiger partial charge in [-0.15, -0.1) is 11.3 Å². The zero-order valence-corrected chi connectivity index (χ0v) is 19.3. The smallest absolute Gasteiger partial charge is 0.253 e. The first kappa shape index (κ1) is 20.8. The fraction of sp³-hybridized carbons (Fsp3) is 0.458. The van der Waals surface area contributed by atoms with Crippen LogP contribution in [0.5, 0.6) is 0 Å². The minimum absolute atomic E-state index is 0.0908. The summed E-state index contributed by atoms with van der Waals surface area (Å²) in [6, 6.07) is 10.3. The first-order chi connectivity index (χ1) is 14.3. The number of aromatic nitrogens is 2. The maximum absolute atomic E-state index is 13.0. The van der Waals surface area contributed by atoms with Crippen molar-refractivity contribution in [3.05, 3.63) is 52.2 Å². The molecule has 0 saturated carbocycles. The number of carbonyl (C=O) groups excluding carboxylic acids is 1. The van der Waals surface area contributed by atoms with E-state index < -0.39 is 0 Å². The Bertz CT molecular complexity index is 1060. The van der Waals surface area contributed by atoms with E-state index in [4.69, 9.17) is 4.98 Å². The molecule has 0 bridgehead atoms. The number of benzene rings is 1. The van der Waals surface area contributed by atoms with Gasteiger partial charge in [-0.3, -0.25) is 4.79 Å².